The minimum atomic E-state index is -3.89. The normalized spacial score (nSPS) is 11.7. The van der Waals surface area contributed by atoms with E-state index in [1.165, 1.54) is 7.11 Å². The number of hydrogen-bond acceptors (Lipinski definition) is 6. The van der Waals surface area contributed by atoms with Crippen LogP contribution in [-0.2, 0) is 10.0 Å². The fraction of sp³-hybridized carbons (Fsp3) is 0.182. The standard InChI is InChI=1S/C22H23N5O3S/c1-14(2)20-21(23)25-27-12-11-17(24-22(20)27)15-9-10-18(30-3)19(13-15)31(28,29)26-16-7-5-4-6-8-16/h4-14,26H,1-3H3,(H2,23,25). The van der Waals surface area contributed by atoms with E-state index >= 15 is 0 Å². The van der Waals surface area contributed by atoms with Crippen LogP contribution in [0.2, 0.25) is 0 Å². The van der Waals surface area contributed by atoms with E-state index in [4.69, 9.17) is 15.5 Å². The van der Waals surface area contributed by atoms with Crippen LogP contribution in [0.4, 0.5) is 11.5 Å². The van der Waals surface area contributed by atoms with Crippen molar-refractivity contribution in [2.75, 3.05) is 17.6 Å². The van der Waals surface area contributed by atoms with E-state index in [9.17, 15) is 8.42 Å². The van der Waals surface area contributed by atoms with Crippen molar-refractivity contribution in [1.29, 1.82) is 0 Å². The maximum absolute atomic E-state index is 13.1. The fourth-order valence-corrected chi connectivity index (χ4v) is 4.69. The van der Waals surface area contributed by atoms with Crippen molar-refractivity contribution in [3.8, 4) is 17.0 Å². The molecule has 0 aliphatic rings. The quantitative estimate of drug-likeness (QED) is 0.473. The van der Waals surface area contributed by atoms with E-state index in [-0.39, 0.29) is 16.6 Å². The molecule has 4 rings (SSSR count). The smallest absolute Gasteiger partial charge is 0.265 e. The molecular weight excluding hydrogens is 414 g/mol. The zero-order valence-electron chi connectivity index (χ0n) is 17.4. The largest absolute Gasteiger partial charge is 0.495 e. The Morgan fingerprint density at radius 1 is 1.10 bits per heavy atom. The molecule has 2 aromatic heterocycles. The molecule has 8 nitrogen and oxygen atoms in total. The first-order valence-electron chi connectivity index (χ1n) is 9.71. The fourth-order valence-electron chi connectivity index (χ4n) is 3.44. The second-order valence-electron chi connectivity index (χ2n) is 7.37. The summed E-state index contributed by atoms with van der Waals surface area (Å²) in [5.74, 6) is 0.816. The van der Waals surface area contributed by atoms with Gasteiger partial charge in [-0.2, -0.15) is 0 Å². The van der Waals surface area contributed by atoms with Gasteiger partial charge in [0.15, 0.2) is 11.5 Å². The Kier molecular flexibility index (Phi) is 5.28. The summed E-state index contributed by atoms with van der Waals surface area (Å²) in [6.45, 7) is 4.05. The van der Waals surface area contributed by atoms with Crippen molar-refractivity contribution in [3.05, 3.63) is 66.4 Å². The lowest BCUT2D eigenvalue weighted by Gasteiger charge is -2.13. The van der Waals surface area contributed by atoms with Gasteiger partial charge < -0.3 is 10.5 Å². The lowest BCUT2D eigenvalue weighted by atomic mass is 10.1. The summed E-state index contributed by atoms with van der Waals surface area (Å²) < 4.78 is 35.7. The number of aromatic nitrogens is 3. The highest BCUT2D eigenvalue weighted by Crippen LogP contribution is 2.32. The van der Waals surface area contributed by atoms with Crippen LogP contribution in [0, 0.1) is 0 Å². The van der Waals surface area contributed by atoms with Crippen molar-refractivity contribution in [1.82, 2.24) is 14.6 Å². The number of nitrogen functional groups attached to an aromatic ring is 1. The summed E-state index contributed by atoms with van der Waals surface area (Å²) in [6, 6.07) is 15.4. The monoisotopic (exact) mass is 437 g/mol. The number of methoxy groups -OCH3 is 1. The minimum absolute atomic E-state index is 0.0233. The number of nitrogens with two attached hydrogens (primary N) is 1. The van der Waals surface area contributed by atoms with Gasteiger partial charge in [-0.3, -0.25) is 4.72 Å². The van der Waals surface area contributed by atoms with Gasteiger partial charge in [0.2, 0.25) is 0 Å². The van der Waals surface area contributed by atoms with Crippen molar-refractivity contribution in [2.24, 2.45) is 0 Å². The Morgan fingerprint density at radius 2 is 1.84 bits per heavy atom. The van der Waals surface area contributed by atoms with E-state index < -0.39 is 10.0 Å². The van der Waals surface area contributed by atoms with Crippen molar-refractivity contribution in [3.63, 3.8) is 0 Å². The Morgan fingerprint density at radius 3 is 2.52 bits per heavy atom. The number of para-hydroxylation sites is 1. The number of fused-ring (bicyclic) bond motifs is 1. The molecule has 0 fully saturated rings. The Balaban J connectivity index is 1.81. The van der Waals surface area contributed by atoms with E-state index in [0.29, 0.717) is 28.4 Å². The predicted molar refractivity (Wildman–Crippen MR) is 121 cm³/mol. The maximum atomic E-state index is 13.1. The molecule has 0 saturated heterocycles. The lowest BCUT2D eigenvalue weighted by Crippen LogP contribution is -2.14. The van der Waals surface area contributed by atoms with E-state index in [0.717, 1.165) is 5.56 Å². The van der Waals surface area contributed by atoms with Crippen molar-refractivity contribution >= 4 is 27.2 Å². The molecule has 160 valence electrons. The van der Waals surface area contributed by atoms with Crippen LogP contribution in [0.3, 0.4) is 0 Å². The molecule has 2 aromatic carbocycles. The maximum Gasteiger partial charge on any atom is 0.265 e. The average Bonchev–Trinajstić information content (AvgIpc) is 3.08. The summed E-state index contributed by atoms with van der Waals surface area (Å²) in [5, 5.41) is 4.31. The van der Waals surface area contributed by atoms with E-state index in [1.807, 2.05) is 19.9 Å². The van der Waals surface area contributed by atoms with Crippen LogP contribution in [0.15, 0.2) is 65.7 Å². The molecule has 9 heteroatoms. The summed E-state index contributed by atoms with van der Waals surface area (Å²) in [6.07, 6.45) is 1.76. The first-order chi connectivity index (χ1) is 14.8. The molecular formula is C22H23N5O3S. The number of ether oxygens (including phenoxy) is 1. The summed E-state index contributed by atoms with van der Waals surface area (Å²) in [7, 11) is -2.45. The molecule has 31 heavy (non-hydrogen) atoms. The molecule has 0 atom stereocenters. The van der Waals surface area contributed by atoms with E-state index in [1.54, 1.807) is 59.2 Å². The molecule has 0 amide bonds. The average molecular weight is 438 g/mol. The number of hydrogen-bond donors (Lipinski definition) is 2. The molecule has 0 aliphatic carbocycles. The second kappa shape index (κ2) is 7.92. The van der Waals surface area contributed by atoms with Crippen molar-refractivity contribution < 1.29 is 13.2 Å². The summed E-state index contributed by atoms with van der Waals surface area (Å²) in [5.41, 5.74) is 9.26. The number of anilines is 2. The summed E-state index contributed by atoms with van der Waals surface area (Å²) >= 11 is 0. The first kappa shape index (κ1) is 20.7. The highest BCUT2D eigenvalue weighted by Gasteiger charge is 2.22. The number of sulfonamides is 1. The Labute approximate surface area is 180 Å². The van der Waals surface area contributed by atoms with Gasteiger partial charge in [0.1, 0.15) is 10.6 Å². The van der Waals surface area contributed by atoms with Gasteiger partial charge in [0.25, 0.3) is 10.0 Å². The molecule has 2 heterocycles. The van der Waals surface area contributed by atoms with Gasteiger partial charge in [0.05, 0.1) is 12.8 Å². The number of nitrogens with one attached hydrogen (secondary N) is 1. The van der Waals surface area contributed by atoms with Gasteiger partial charge in [-0.25, -0.2) is 17.9 Å². The molecule has 3 N–H and O–H groups in total. The van der Waals surface area contributed by atoms with Gasteiger partial charge >= 0.3 is 0 Å². The summed E-state index contributed by atoms with van der Waals surface area (Å²) in [4.78, 5) is 4.74. The topological polar surface area (TPSA) is 112 Å². The van der Waals surface area contributed by atoms with Gasteiger partial charge in [-0.05, 0) is 42.3 Å². The third kappa shape index (κ3) is 3.91. The molecule has 0 bridgehead atoms. The molecule has 4 aromatic rings. The first-order valence-corrected chi connectivity index (χ1v) is 11.2. The Bertz CT molecular complexity index is 1350. The Hall–Kier alpha value is -3.59. The van der Waals surface area contributed by atoms with Crippen LogP contribution in [0.1, 0.15) is 25.3 Å². The lowest BCUT2D eigenvalue weighted by molar-refractivity contribution is 0.403. The van der Waals surface area contributed by atoms with Crippen LogP contribution in [0.25, 0.3) is 16.9 Å². The predicted octanol–water partition coefficient (Wildman–Crippen LogP) is 3.91. The van der Waals surface area contributed by atoms with Crippen molar-refractivity contribution in [2.45, 2.75) is 24.7 Å². The highest BCUT2D eigenvalue weighted by atomic mass is 32.2. The minimum Gasteiger partial charge on any atom is -0.495 e. The zero-order valence-corrected chi connectivity index (χ0v) is 18.2. The third-order valence-electron chi connectivity index (χ3n) is 4.90. The van der Waals surface area contributed by atoms with Gasteiger partial charge in [-0.15, -0.1) is 5.10 Å². The van der Waals surface area contributed by atoms with Crippen LogP contribution in [0.5, 0.6) is 5.75 Å². The van der Waals surface area contributed by atoms with Crippen LogP contribution < -0.4 is 15.2 Å². The zero-order chi connectivity index (χ0) is 22.2. The molecule has 0 radical (unpaired) electrons. The number of rotatable bonds is 6. The molecule has 0 saturated carbocycles. The third-order valence-corrected chi connectivity index (χ3v) is 6.30. The molecule has 0 unspecified atom stereocenters. The molecule has 0 aliphatic heterocycles. The van der Waals surface area contributed by atoms with Gasteiger partial charge in [-0.1, -0.05) is 32.0 Å². The molecule has 0 spiro atoms. The number of benzene rings is 2. The number of nitrogens with zero attached hydrogens (tertiary/aromatic N) is 3. The van der Waals surface area contributed by atoms with Crippen LogP contribution >= 0.6 is 0 Å². The van der Waals surface area contributed by atoms with Crippen LogP contribution in [-0.4, -0.2) is 30.1 Å². The van der Waals surface area contributed by atoms with E-state index in [2.05, 4.69) is 9.82 Å². The SMILES string of the molecule is COc1ccc(-c2ccn3nc(N)c(C(C)C)c3n2)cc1S(=O)(=O)Nc1ccccc1. The highest BCUT2D eigenvalue weighted by molar-refractivity contribution is 7.92. The second-order valence-corrected chi connectivity index (χ2v) is 9.02. The van der Waals surface area contributed by atoms with Gasteiger partial charge in [0, 0.05) is 23.0 Å².